The summed E-state index contributed by atoms with van der Waals surface area (Å²) >= 11 is 0. The van der Waals surface area contributed by atoms with Crippen LogP contribution in [0.5, 0.6) is 11.5 Å². The minimum absolute atomic E-state index is 0.182. The van der Waals surface area contributed by atoms with Crippen molar-refractivity contribution in [3.63, 3.8) is 0 Å². The molecule has 140 valence electrons. The van der Waals surface area contributed by atoms with E-state index < -0.39 is 0 Å². The Hall–Kier alpha value is -2.50. The normalized spacial score (nSPS) is 16.7. The van der Waals surface area contributed by atoms with Gasteiger partial charge in [0, 0.05) is 18.1 Å². The van der Waals surface area contributed by atoms with Crippen molar-refractivity contribution >= 4 is 11.6 Å². The lowest BCUT2D eigenvalue weighted by Gasteiger charge is -2.33. The molecular weight excluding hydrogens is 332 g/mol. The van der Waals surface area contributed by atoms with E-state index in [4.69, 9.17) is 14.0 Å². The summed E-state index contributed by atoms with van der Waals surface area (Å²) in [4.78, 5) is 12.8. The Morgan fingerprint density at radius 2 is 2.04 bits per heavy atom. The zero-order chi connectivity index (χ0) is 18.9. The monoisotopic (exact) mass is 358 g/mol. The Morgan fingerprint density at radius 1 is 1.27 bits per heavy atom. The first-order valence-electron chi connectivity index (χ1n) is 8.84. The van der Waals surface area contributed by atoms with Gasteiger partial charge in [0.2, 0.25) is 0 Å². The van der Waals surface area contributed by atoms with E-state index in [2.05, 4.69) is 31.2 Å². The molecule has 1 atom stereocenters. The highest BCUT2D eigenvalue weighted by Gasteiger charge is 2.34. The second-order valence-corrected chi connectivity index (χ2v) is 7.76. The van der Waals surface area contributed by atoms with Crippen LogP contribution in [-0.4, -0.2) is 25.3 Å². The molecule has 3 rings (SSSR count). The topological polar surface area (TPSA) is 73.6 Å². The molecule has 0 radical (unpaired) electrons. The highest BCUT2D eigenvalue weighted by molar-refractivity contribution is 6.04. The van der Waals surface area contributed by atoms with Gasteiger partial charge in [0.15, 0.2) is 5.69 Å². The molecule has 1 aromatic carbocycles. The number of ether oxygens (including phenoxy) is 2. The smallest absolute Gasteiger partial charge is 0.278 e. The largest absolute Gasteiger partial charge is 0.497 e. The fourth-order valence-electron chi connectivity index (χ4n) is 3.40. The highest BCUT2D eigenvalue weighted by Crippen LogP contribution is 2.38. The number of nitrogens with zero attached hydrogens (tertiary/aromatic N) is 1. The van der Waals surface area contributed by atoms with Gasteiger partial charge in [-0.25, -0.2) is 0 Å². The van der Waals surface area contributed by atoms with E-state index >= 15 is 0 Å². The number of amides is 1. The molecule has 0 saturated carbocycles. The molecule has 0 saturated heterocycles. The first-order chi connectivity index (χ1) is 12.3. The lowest BCUT2D eigenvalue weighted by molar-refractivity contribution is 0.101. The second kappa shape index (κ2) is 7.02. The number of carbonyl (C=O) groups is 1. The van der Waals surface area contributed by atoms with Crippen LogP contribution in [-0.2, 0) is 12.8 Å². The molecule has 6 nitrogen and oxygen atoms in total. The average Bonchev–Trinajstić information content (AvgIpc) is 3.04. The number of hydrogen-bond donors (Lipinski definition) is 1. The summed E-state index contributed by atoms with van der Waals surface area (Å²) in [7, 11) is 3.14. The highest BCUT2D eigenvalue weighted by atomic mass is 16.5. The van der Waals surface area contributed by atoms with E-state index in [9.17, 15) is 4.79 Å². The van der Waals surface area contributed by atoms with Crippen molar-refractivity contribution in [3.8, 4) is 11.5 Å². The third-order valence-electron chi connectivity index (χ3n) is 5.14. The lowest BCUT2D eigenvalue weighted by Crippen LogP contribution is -2.27. The van der Waals surface area contributed by atoms with E-state index in [1.807, 2.05) is 0 Å². The van der Waals surface area contributed by atoms with Crippen molar-refractivity contribution in [3.05, 3.63) is 35.2 Å². The van der Waals surface area contributed by atoms with E-state index in [1.165, 1.54) is 0 Å². The Kier molecular flexibility index (Phi) is 4.94. The third-order valence-corrected chi connectivity index (χ3v) is 5.14. The van der Waals surface area contributed by atoms with Gasteiger partial charge < -0.3 is 19.3 Å². The number of benzene rings is 1. The minimum atomic E-state index is -0.284. The van der Waals surface area contributed by atoms with Gasteiger partial charge in [-0.3, -0.25) is 4.79 Å². The lowest BCUT2D eigenvalue weighted by atomic mass is 9.71. The number of anilines is 1. The van der Waals surface area contributed by atoms with Crippen LogP contribution in [0, 0.1) is 11.3 Å². The number of hydrogen-bond acceptors (Lipinski definition) is 5. The third kappa shape index (κ3) is 3.54. The summed E-state index contributed by atoms with van der Waals surface area (Å²) in [6, 6.07) is 5.25. The Labute approximate surface area is 153 Å². The van der Waals surface area contributed by atoms with Crippen molar-refractivity contribution in [1.29, 1.82) is 0 Å². The van der Waals surface area contributed by atoms with Crippen LogP contribution < -0.4 is 14.8 Å². The SMILES string of the molecule is COc1ccc(NC(=O)c2noc3c2C[C@H](C(C)(C)C)CC3)c(OC)c1. The summed E-state index contributed by atoms with van der Waals surface area (Å²) in [6.45, 7) is 6.70. The standard InChI is InChI=1S/C20H26N2O4/c1-20(2,3)12-6-9-16-14(10-12)18(22-26-16)19(23)21-15-8-7-13(24-4)11-17(15)25-5/h7-8,11-12H,6,9-10H2,1-5H3,(H,21,23)/t12-/m1/s1. The van der Waals surface area contributed by atoms with Gasteiger partial charge in [-0.1, -0.05) is 25.9 Å². The molecule has 1 heterocycles. The Bertz CT molecular complexity index is 805. The van der Waals surface area contributed by atoms with Gasteiger partial charge in [-0.2, -0.15) is 0 Å². The first-order valence-corrected chi connectivity index (χ1v) is 8.84. The number of aryl methyl sites for hydroxylation is 1. The van der Waals surface area contributed by atoms with Crippen molar-refractivity contribution in [2.45, 2.75) is 40.0 Å². The van der Waals surface area contributed by atoms with Crippen LogP contribution in [0.2, 0.25) is 0 Å². The fourth-order valence-corrected chi connectivity index (χ4v) is 3.40. The van der Waals surface area contributed by atoms with Crippen molar-refractivity contribution in [1.82, 2.24) is 5.16 Å². The number of carbonyl (C=O) groups excluding carboxylic acids is 1. The van der Waals surface area contributed by atoms with E-state index in [0.29, 0.717) is 28.8 Å². The molecule has 1 amide bonds. The van der Waals surface area contributed by atoms with Crippen molar-refractivity contribution in [2.24, 2.45) is 11.3 Å². The van der Waals surface area contributed by atoms with Gasteiger partial charge in [-0.05, 0) is 36.3 Å². The van der Waals surface area contributed by atoms with Gasteiger partial charge >= 0.3 is 0 Å². The number of fused-ring (bicyclic) bond motifs is 1. The molecule has 0 aliphatic heterocycles. The maximum atomic E-state index is 12.8. The Balaban J connectivity index is 1.83. The predicted octanol–water partition coefficient (Wildman–Crippen LogP) is 4.10. The summed E-state index contributed by atoms with van der Waals surface area (Å²) in [5.41, 5.74) is 2.05. The molecule has 0 unspecified atom stereocenters. The number of aromatic nitrogens is 1. The van der Waals surface area contributed by atoms with E-state index in [0.717, 1.165) is 30.6 Å². The van der Waals surface area contributed by atoms with Crippen LogP contribution in [0.15, 0.2) is 22.7 Å². The zero-order valence-electron chi connectivity index (χ0n) is 16.0. The molecule has 0 spiro atoms. The molecule has 26 heavy (non-hydrogen) atoms. The van der Waals surface area contributed by atoms with E-state index in [1.54, 1.807) is 32.4 Å². The van der Waals surface area contributed by atoms with Gasteiger partial charge in [0.1, 0.15) is 17.3 Å². The molecule has 1 N–H and O–H groups in total. The molecule has 0 bridgehead atoms. The van der Waals surface area contributed by atoms with Crippen LogP contribution in [0.4, 0.5) is 5.69 Å². The maximum Gasteiger partial charge on any atom is 0.278 e. The molecule has 1 aromatic heterocycles. The second-order valence-electron chi connectivity index (χ2n) is 7.76. The zero-order valence-corrected chi connectivity index (χ0v) is 16.0. The summed E-state index contributed by atoms with van der Waals surface area (Å²) in [6.07, 6.45) is 2.69. The van der Waals surface area contributed by atoms with Crippen molar-refractivity contribution in [2.75, 3.05) is 19.5 Å². The fraction of sp³-hybridized carbons (Fsp3) is 0.500. The molecule has 1 aliphatic carbocycles. The summed E-state index contributed by atoms with van der Waals surface area (Å²) in [5.74, 6) is 2.23. The molecule has 6 heteroatoms. The predicted molar refractivity (Wildman–Crippen MR) is 99.0 cm³/mol. The maximum absolute atomic E-state index is 12.8. The van der Waals surface area contributed by atoms with Crippen molar-refractivity contribution < 1.29 is 18.8 Å². The van der Waals surface area contributed by atoms with Crippen LogP contribution >= 0.6 is 0 Å². The average molecular weight is 358 g/mol. The molecule has 2 aromatic rings. The number of methoxy groups -OCH3 is 2. The number of nitrogens with one attached hydrogen (secondary N) is 1. The van der Waals surface area contributed by atoms with Gasteiger partial charge in [0.05, 0.1) is 19.9 Å². The first kappa shape index (κ1) is 18.3. The minimum Gasteiger partial charge on any atom is -0.497 e. The quantitative estimate of drug-likeness (QED) is 0.891. The Morgan fingerprint density at radius 3 is 2.69 bits per heavy atom. The summed E-state index contributed by atoms with van der Waals surface area (Å²) in [5, 5.41) is 6.92. The van der Waals surface area contributed by atoms with Crippen LogP contribution in [0.25, 0.3) is 0 Å². The van der Waals surface area contributed by atoms with Gasteiger partial charge in [-0.15, -0.1) is 0 Å². The van der Waals surface area contributed by atoms with E-state index in [-0.39, 0.29) is 11.3 Å². The summed E-state index contributed by atoms with van der Waals surface area (Å²) < 4.78 is 16.0. The van der Waals surface area contributed by atoms with Crippen LogP contribution in [0.3, 0.4) is 0 Å². The molecular formula is C20H26N2O4. The van der Waals surface area contributed by atoms with Gasteiger partial charge in [0.25, 0.3) is 5.91 Å². The van der Waals surface area contributed by atoms with Crippen LogP contribution in [0.1, 0.15) is 49.0 Å². The molecule has 0 fully saturated rings. The molecule has 1 aliphatic rings. The number of rotatable bonds is 4.